The number of amides is 2. The summed E-state index contributed by atoms with van der Waals surface area (Å²) in [6.07, 6.45) is 2.20. The number of aldehydes is 1. The van der Waals surface area contributed by atoms with Crippen molar-refractivity contribution in [1.82, 2.24) is 31.9 Å². The molecule has 13 N–H and O–H groups in total. The van der Waals surface area contributed by atoms with Crippen molar-refractivity contribution >= 4 is 36.0 Å². The topological polar surface area (TPSA) is 260 Å². The zero-order valence-corrected chi connectivity index (χ0v) is 24.7. The van der Waals surface area contributed by atoms with E-state index >= 15 is 0 Å². The van der Waals surface area contributed by atoms with Gasteiger partial charge >= 0.3 is 5.97 Å². The van der Waals surface area contributed by atoms with Crippen LogP contribution >= 0.6 is 0 Å². The zero-order valence-electron chi connectivity index (χ0n) is 24.7. The molecule has 0 radical (unpaired) electrons. The molecule has 0 aromatic heterocycles. The molecular formula is C28H46N10O5. The van der Waals surface area contributed by atoms with Crippen LogP contribution in [0.1, 0.15) is 45.1 Å². The molecule has 15 nitrogen and oxygen atoms in total. The first-order valence-electron chi connectivity index (χ1n) is 14.0. The van der Waals surface area contributed by atoms with Crippen molar-refractivity contribution in [1.29, 1.82) is 10.8 Å². The van der Waals surface area contributed by atoms with E-state index in [0.717, 1.165) is 5.56 Å². The van der Waals surface area contributed by atoms with Gasteiger partial charge in [0.05, 0.1) is 11.9 Å². The summed E-state index contributed by atoms with van der Waals surface area (Å²) in [5, 5.41) is 40.7. The van der Waals surface area contributed by atoms with Crippen LogP contribution in [-0.2, 0) is 25.6 Å². The van der Waals surface area contributed by atoms with Crippen LogP contribution in [-0.4, -0.2) is 78.4 Å². The summed E-state index contributed by atoms with van der Waals surface area (Å²) < 4.78 is 0. The maximum atomic E-state index is 13.4. The molecule has 4 unspecified atom stereocenters. The number of carbonyl (C=O) groups is 4. The maximum absolute atomic E-state index is 13.4. The number of nitrogens with one attached hydrogen (secondary N) is 8. The van der Waals surface area contributed by atoms with Crippen molar-refractivity contribution in [2.45, 2.75) is 70.1 Å². The Hall–Kier alpha value is -4.82. The largest absolute Gasteiger partial charge is 0.480 e. The summed E-state index contributed by atoms with van der Waals surface area (Å²) in [5.74, 6) is -2.82. The standard InChI is InChI=1S/C28H46N10O5/c1-17(2)23(25(41)37-20(16-39)11-7-13-33-27(29)30)38-24(40)21(12-8-14-34-28(31)32)35-18(3)36-22(26(42)43)15-19-9-5-4-6-10-19/h4-6,9-10,16-17,20-23,35-36H,3,7-8,11-15H2,1-2H3,(H,37,41)(H,38,40)(H,42,43)(H4,29,30,33)(H4,31,32,34). The highest BCUT2D eigenvalue weighted by molar-refractivity contribution is 5.91. The number of hydrogen-bond donors (Lipinski definition) is 11. The molecule has 15 heteroatoms. The molecule has 0 saturated carbocycles. The molecular weight excluding hydrogens is 556 g/mol. The van der Waals surface area contributed by atoms with Gasteiger partial charge in [0.15, 0.2) is 11.9 Å². The summed E-state index contributed by atoms with van der Waals surface area (Å²) in [4.78, 5) is 50.0. The molecule has 0 bridgehead atoms. The van der Waals surface area contributed by atoms with E-state index in [0.29, 0.717) is 38.6 Å². The third-order valence-corrected chi connectivity index (χ3v) is 6.33. The Kier molecular flexibility index (Phi) is 16.3. The molecule has 0 fully saturated rings. The molecule has 2 amide bonds. The Morgan fingerprint density at radius 2 is 1.44 bits per heavy atom. The average molecular weight is 603 g/mol. The number of carboxylic acids is 1. The van der Waals surface area contributed by atoms with Gasteiger partial charge in [-0.1, -0.05) is 50.8 Å². The van der Waals surface area contributed by atoms with Crippen molar-refractivity contribution in [3.05, 3.63) is 48.3 Å². The Bertz CT molecular complexity index is 1100. The highest BCUT2D eigenvalue weighted by atomic mass is 16.4. The minimum Gasteiger partial charge on any atom is -0.480 e. The number of nitrogens with two attached hydrogens (primary N) is 2. The van der Waals surface area contributed by atoms with E-state index in [4.69, 9.17) is 22.3 Å². The minimum absolute atomic E-state index is 0.105. The zero-order chi connectivity index (χ0) is 32.4. The molecule has 43 heavy (non-hydrogen) atoms. The van der Waals surface area contributed by atoms with Gasteiger partial charge in [-0.15, -0.1) is 0 Å². The first kappa shape index (κ1) is 36.2. The second kappa shape index (κ2) is 19.3. The van der Waals surface area contributed by atoms with Crippen LogP contribution in [0.2, 0.25) is 0 Å². The number of hydrogen-bond acceptors (Lipinski definition) is 8. The average Bonchev–Trinajstić information content (AvgIpc) is 2.94. The van der Waals surface area contributed by atoms with Gasteiger partial charge in [-0.05, 0) is 37.2 Å². The highest BCUT2D eigenvalue weighted by Crippen LogP contribution is 2.08. The molecule has 0 heterocycles. The predicted octanol–water partition coefficient (Wildman–Crippen LogP) is -0.948. The van der Waals surface area contributed by atoms with Crippen LogP contribution in [0, 0.1) is 16.7 Å². The number of aliphatic carboxylic acids is 1. The fourth-order valence-corrected chi connectivity index (χ4v) is 4.09. The van der Waals surface area contributed by atoms with Crippen molar-refractivity contribution in [3.8, 4) is 0 Å². The van der Waals surface area contributed by atoms with E-state index in [9.17, 15) is 24.3 Å². The molecule has 0 saturated heterocycles. The van der Waals surface area contributed by atoms with Gasteiger partial charge in [0.25, 0.3) is 0 Å². The van der Waals surface area contributed by atoms with E-state index in [1.165, 1.54) is 0 Å². The van der Waals surface area contributed by atoms with Crippen LogP contribution in [0.15, 0.2) is 42.7 Å². The molecule has 238 valence electrons. The van der Waals surface area contributed by atoms with Gasteiger partial charge in [-0.2, -0.15) is 0 Å². The lowest BCUT2D eigenvalue weighted by Crippen LogP contribution is -2.57. The summed E-state index contributed by atoms with van der Waals surface area (Å²) in [7, 11) is 0. The van der Waals surface area contributed by atoms with Gasteiger partial charge in [-0.25, -0.2) is 4.79 Å². The second-order valence-electron chi connectivity index (χ2n) is 10.3. The summed E-state index contributed by atoms with van der Waals surface area (Å²) in [6, 6.07) is 5.34. The quantitative estimate of drug-likeness (QED) is 0.0354. The van der Waals surface area contributed by atoms with Gasteiger partial charge in [0.2, 0.25) is 11.8 Å². The van der Waals surface area contributed by atoms with E-state index in [1.807, 2.05) is 6.07 Å². The lowest BCUT2D eigenvalue weighted by molar-refractivity contribution is -0.139. The normalized spacial score (nSPS) is 13.4. The number of carbonyl (C=O) groups excluding carboxylic acids is 3. The predicted molar refractivity (Wildman–Crippen MR) is 164 cm³/mol. The Morgan fingerprint density at radius 1 is 0.884 bits per heavy atom. The van der Waals surface area contributed by atoms with E-state index in [1.54, 1.807) is 38.1 Å². The third-order valence-electron chi connectivity index (χ3n) is 6.33. The van der Waals surface area contributed by atoms with Crippen LogP contribution in [0.4, 0.5) is 0 Å². The number of benzene rings is 1. The Balaban J connectivity index is 2.95. The fourth-order valence-electron chi connectivity index (χ4n) is 4.09. The molecule has 1 aromatic rings. The Morgan fingerprint density at radius 3 is 1.95 bits per heavy atom. The second-order valence-corrected chi connectivity index (χ2v) is 10.3. The smallest absolute Gasteiger partial charge is 0.326 e. The summed E-state index contributed by atoms with van der Waals surface area (Å²) in [5.41, 5.74) is 11.4. The number of rotatable bonds is 21. The lowest BCUT2D eigenvalue weighted by Gasteiger charge is -2.28. The van der Waals surface area contributed by atoms with E-state index in [2.05, 4.69) is 38.5 Å². The van der Waals surface area contributed by atoms with Crippen molar-refractivity contribution < 1.29 is 24.3 Å². The van der Waals surface area contributed by atoms with Gasteiger partial charge in [0, 0.05) is 19.5 Å². The lowest BCUT2D eigenvalue weighted by atomic mass is 10.0. The minimum atomic E-state index is -1.10. The highest BCUT2D eigenvalue weighted by Gasteiger charge is 2.29. The van der Waals surface area contributed by atoms with Crippen molar-refractivity contribution in [2.75, 3.05) is 13.1 Å². The van der Waals surface area contributed by atoms with Gasteiger partial charge in [-0.3, -0.25) is 20.4 Å². The SMILES string of the molecule is C=C(NC(Cc1ccccc1)C(=O)O)NC(CCCNC(=N)N)C(=O)NC(C(=O)NC(C=O)CCCNC(=N)N)C(C)C. The summed E-state index contributed by atoms with van der Waals surface area (Å²) in [6.45, 7) is 8.02. The monoisotopic (exact) mass is 602 g/mol. The number of carboxylic acid groups (broad SMARTS) is 1. The Labute approximate surface area is 252 Å². The first-order valence-corrected chi connectivity index (χ1v) is 14.0. The molecule has 4 atom stereocenters. The van der Waals surface area contributed by atoms with Gasteiger partial charge < -0.3 is 53.3 Å². The first-order chi connectivity index (χ1) is 20.3. The van der Waals surface area contributed by atoms with Crippen molar-refractivity contribution in [2.24, 2.45) is 17.4 Å². The number of guanidine groups is 2. The molecule has 0 spiro atoms. The fraction of sp³-hybridized carbons (Fsp3) is 0.500. The van der Waals surface area contributed by atoms with Crippen LogP contribution in [0.5, 0.6) is 0 Å². The third kappa shape index (κ3) is 15.1. The van der Waals surface area contributed by atoms with E-state index < -0.39 is 42.0 Å². The summed E-state index contributed by atoms with van der Waals surface area (Å²) >= 11 is 0. The van der Waals surface area contributed by atoms with Crippen molar-refractivity contribution in [3.63, 3.8) is 0 Å². The maximum Gasteiger partial charge on any atom is 0.326 e. The molecule has 1 aromatic carbocycles. The molecule has 0 aliphatic rings. The molecule has 0 aliphatic heterocycles. The van der Waals surface area contributed by atoms with Crippen LogP contribution < -0.4 is 43.4 Å². The van der Waals surface area contributed by atoms with Gasteiger partial charge in [0.1, 0.15) is 24.4 Å². The molecule has 1 rings (SSSR count). The van der Waals surface area contributed by atoms with Crippen LogP contribution in [0.3, 0.4) is 0 Å². The van der Waals surface area contributed by atoms with Crippen LogP contribution in [0.25, 0.3) is 0 Å². The van der Waals surface area contributed by atoms with E-state index in [-0.39, 0.29) is 36.5 Å². The molecule has 0 aliphatic carbocycles.